The number of morpholine rings is 1. The molecule has 2 aliphatic heterocycles. The largest absolute Gasteiger partial charge is 0.421 e. The van der Waals surface area contributed by atoms with E-state index in [9.17, 15) is 13.2 Å². The average Bonchev–Trinajstić information content (AvgIpc) is 2.79. The molecule has 3 N–H and O–H groups in total. The van der Waals surface area contributed by atoms with Crippen molar-refractivity contribution < 1.29 is 17.9 Å². The van der Waals surface area contributed by atoms with Crippen LogP contribution in [0.15, 0.2) is 30.5 Å². The Hall–Kier alpha value is -2.59. The smallest absolute Gasteiger partial charge is 0.374 e. The third-order valence-electron chi connectivity index (χ3n) is 5.44. The first kappa shape index (κ1) is 21.6. The van der Waals surface area contributed by atoms with E-state index in [1.807, 2.05) is 24.3 Å². The third-order valence-corrected chi connectivity index (χ3v) is 5.44. The second kappa shape index (κ2) is 9.69. The number of piperidine rings is 1. The zero-order chi connectivity index (χ0) is 21.7. The second-order valence-corrected chi connectivity index (χ2v) is 7.75. The first-order chi connectivity index (χ1) is 15.0. The van der Waals surface area contributed by atoms with Crippen LogP contribution in [0.2, 0.25) is 0 Å². The SMILES string of the molecule is FC(F)(F)c1cnc(Nc2ccc(N3CCCCC3)cc2)nc1NCC1CNCCO1. The van der Waals surface area contributed by atoms with Crippen molar-refractivity contribution in [1.82, 2.24) is 15.3 Å². The van der Waals surface area contributed by atoms with E-state index in [0.717, 1.165) is 31.5 Å². The van der Waals surface area contributed by atoms with E-state index in [0.29, 0.717) is 18.8 Å². The Kier molecular flexibility index (Phi) is 6.77. The molecule has 0 bridgehead atoms. The van der Waals surface area contributed by atoms with Gasteiger partial charge in [0.05, 0.1) is 12.7 Å². The number of alkyl halides is 3. The number of aromatic nitrogens is 2. The monoisotopic (exact) mass is 436 g/mol. The van der Waals surface area contributed by atoms with Gasteiger partial charge >= 0.3 is 6.18 Å². The summed E-state index contributed by atoms with van der Waals surface area (Å²) >= 11 is 0. The minimum Gasteiger partial charge on any atom is -0.374 e. The molecule has 1 aromatic carbocycles. The van der Waals surface area contributed by atoms with Gasteiger partial charge in [0, 0.05) is 50.3 Å². The molecule has 0 radical (unpaired) electrons. The predicted molar refractivity (Wildman–Crippen MR) is 114 cm³/mol. The Morgan fingerprint density at radius 3 is 2.58 bits per heavy atom. The van der Waals surface area contributed by atoms with Crippen molar-refractivity contribution in [2.45, 2.75) is 31.5 Å². The maximum atomic E-state index is 13.4. The fraction of sp³-hybridized carbons (Fsp3) is 0.524. The Balaban J connectivity index is 1.46. The van der Waals surface area contributed by atoms with Crippen LogP contribution in [0, 0.1) is 0 Å². The molecule has 2 fully saturated rings. The van der Waals surface area contributed by atoms with E-state index in [-0.39, 0.29) is 24.4 Å². The van der Waals surface area contributed by atoms with E-state index in [1.54, 1.807) is 0 Å². The van der Waals surface area contributed by atoms with E-state index in [1.165, 1.54) is 19.3 Å². The van der Waals surface area contributed by atoms with Crippen molar-refractivity contribution in [3.63, 3.8) is 0 Å². The van der Waals surface area contributed by atoms with Gasteiger partial charge in [0.2, 0.25) is 5.95 Å². The zero-order valence-corrected chi connectivity index (χ0v) is 17.2. The Labute approximate surface area is 179 Å². The van der Waals surface area contributed by atoms with E-state index < -0.39 is 11.7 Å². The highest BCUT2D eigenvalue weighted by Crippen LogP contribution is 2.34. The fourth-order valence-corrected chi connectivity index (χ4v) is 3.78. The molecule has 3 heterocycles. The van der Waals surface area contributed by atoms with Crippen molar-refractivity contribution >= 4 is 23.1 Å². The highest BCUT2D eigenvalue weighted by molar-refractivity contribution is 5.61. The summed E-state index contributed by atoms with van der Waals surface area (Å²) in [6, 6.07) is 7.79. The van der Waals surface area contributed by atoms with Crippen LogP contribution in [-0.4, -0.2) is 55.4 Å². The van der Waals surface area contributed by atoms with Crippen LogP contribution in [0.25, 0.3) is 0 Å². The number of rotatable bonds is 6. The van der Waals surface area contributed by atoms with Crippen molar-refractivity contribution in [3.8, 4) is 0 Å². The molecule has 1 aromatic heterocycles. The van der Waals surface area contributed by atoms with Gasteiger partial charge in [-0.1, -0.05) is 0 Å². The molecule has 4 rings (SSSR count). The van der Waals surface area contributed by atoms with Crippen molar-refractivity contribution in [2.24, 2.45) is 0 Å². The zero-order valence-electron chi connectivity index (χ0n) is 17.2. The quantitative estimate of drug-likeness (QED) is 0.639. The van der Waals surface area contributed by atoms with Crippen LogP contribution in [0.1, 0.15) is 24.8 Å². The molecule has 2 aromatic rings. The molecule has 31 heavy (non-hydrogen) atoms. The van der Waals surface area contributed by atoms with Gasteiger partial charge in [-0.15, -0.1) is 0 Å². The molecule has 0 amide bonds. The lowest BCUT2D eigenvalue weighted by atomic mass is 10.1. The molecule has 2 saturated heterocycles. The number of anilines is 4. The normalized spacial score (nSPS) is 19.8. The molecule has 1 unspecified atom stereocenters. The highest BCUT2D eigenvalue weighted by Gasteiger charge is 2.35. The number of hydrogen-bond donors (Lipinski definition) is 3. The van der Waals surface area contributed by atoms with Crippen molar-refractivity contribution in [2.75, 3.05) is 54.9 Å². The first-order valence-electron chi connectivity index (χ1n) is 10.6. The summed E-state index contributed by atoms with van der Waals surface area (Å²) in [6.07, 6.45) is -0.318. The molecule has 0 saturated carbocycles. The van der Waals surface area contributed by atoms with Gasteiger partial charge in [0.1, 0.15) is 11.4 Å². The summed E-state index contributed by atoms with van der Waals surface area (Å²) in [5.41, 5.74) is 0.954. The summed E-state index contributed by atoms with van der Waals surface area (Å²) in [5, 5.41) is 8.94. The summed E-state index contributed by atoms with van der Waals surface area (Å²) in [7, 11) is 0. The fourth-order valence-electron chi connectivity index (χ4n) is 3.78. The lowest BCUT2D eigenvalue weighted by molar-refractivity contribution is -0.137. The Morgan fingerprint density at radius 2 is 1.90 bits per heavy atom. The maximum absolute atomic E-state index is 13.4. The molecule has 0 aliphatic carbocycles. The standard InChI is InChI=1S/C21H27F3N6O/c22-21(23,24)18-14-27-20(29-19(18)26-13-17-12-25-8-11-31-17)28-15-4-6-16(7-5-15)30-9-2-1-3-10-30/h4-7,14,17,25H,1-3,8-13H2,(H2,26,27,28,29). The lowest BCUT2D eigenvalue weighted by Crippen LogP contribution is -2.42. The summed E-state index contributed by atoms with van der Waals surface area (Å²) in [6.45, 7) is 4.16. The summed E-state index contributed by atoms with van der Waals surface area (Å²) in [5.74, 6) is -0.159. The Bertz CT molecular complexity index is 849. The van der Waals surface area contributed by atoms with Gasteiger partial charge in [-0.3, -0.25) is 0 Å². The molecule has 7 nitrogen and oxygen atoms in total. The van der Waals surface area contributed by atoms with Gasteiger partial charge in [-0.05, 0) is 43.5 Å². The van der Waals surface area contributed by atoms with E-state index in [4.69, 9.17) is 4.74 Å². The molecule has 10 heteroatoms. The second-order valence-electron chi connectivity index (χ2n) is 7.75. The summed E-state index contributed by atoms with van der Waals surface area (Å²) in [4.78, 5) is 10.3. The highest BCUT2D eigenvalue weighted by atomic mass is 19.4. The minimum atomic E-state index is -4.55. The molecule has 0 spiro atoms. The number of nitrogens with zero attached hydrogens (tertiary/aromatic N) is 3. The minimum absolute atomic E-state index is 0.101. The van der Waals surface area contributed by atoms with Crippen LogP contribution in [0.5, 0.6) is 0 Å². The molecule has 1 atom stereocenters. The molecule has 2 aliphatic rings. The number of hydrogen-bond acceptors (Lipinski definition) is 7. The van der Waals surface area contributed by atoms with Gasteiger partial charge in [-0.25, -0.2) is 4.98 Å². The van der Waals surface area contributed by atoms with Gasteiger partial charge < -0.3 is 25.6 Å². The number of ether oxygens (including phenoxy) is 1. The van der Waals surface area contributed by atoms with Crippen molar-refractivity contribution in [1.29, 1.82) is 0 Å². The molecular formula is C21H27F3N6O. The van der Waals surface area contributed by atoms with Crippen LogP contribution >= 0.6 is 0 Å². The maximum Gasteiger partial charge on any atom is 0.421 e. The van der Waals surface area contributed by atoms with Crippen LogP contribution in [0.3, 0.4) is 0 Å². The number of benzene rings is 1. The van der Waals surface area contributed by atoms with E-state index in [2.05, 4.69) is 30.8 Å². The third kappa shape index (κ3) is 5.76. The van der Waals surface area contributed by atoms with Crippen molar-refractivity contribution in [3.05, 3.63) is 36.0 Å². The lowest BCUT2D eigenvalue weighted by Gasteiger charge is -2.28. The number of halogens is 3. The van der Waals surface area contributed by atoms with Gasteiger partial charge in [0.15, 0.2) is 0 Å². The van der Waals surface area contributed by atoms with Gasteiger partial charge in [-0.2, -0.15) is 18.2 Å². The Morgan fingerprint density at radius 1 is 1.13 bits per heavy atom. The first-order valence-corrected chi connectivity index (χ1v) is 10.6. The number of nitrogens with one attached hydrogen (secondary N) is 3. The summed E-state index contributed by atoms with van der Waals surface area (Å²) < 4.78 is 45.8. The molecular weight excluding hydrogens is 409 g/mol. The van der Waals surface area contributed by atoms with Crippen LogP contribution < -0.4 is 20.9 Å². The predicted octanol–water partition coefficient (Wildman–Crippen LogP) is 3.63. The average molecular weight is 436 g/mol. The van der Waals surface area contributed by atoms with E-state index >= 15 is 0 Å². The van der Waals surface area contributed by atoms with Gasteiger partial charge in [0.25, 0.3) is 0 Å². The van der Waals surface area contributed by atoms with Crippen LogP contribution in [-0.2, 0) is 10.9 Å². The topological polar surface area (TPSA) is 74.3 Å². The van der Waals surface area contributed by atoms with Crippen LogP contribution in [0.4, 0.5) is 36.3 Å². The molecule has 168 valence electrons.